The number of carbonyl (C=O) groups is 1. The van der Waals surface area contributed by atoms with Crippen molar-refractivity contribution in [2.45, 2.75) is 44.7 Å². The summed E-state index contributed by atoms with van der Waals surface area (Å²) in [5.74, 6) is -0.128. The van der Waals surface area contributed by atoms with E-state index in [0.29, 0.717) is 12.6 Å². The van der Waals surface area contributed by atoms with E-state index in [4.69, 9.17) is 4.74 Å². The molecule has 0 aromatic carbocycles. The monoisotopic (exact) mass is 283 g/mol. The predicted molar refractivity (Wildman–Crippen MR) is 79.7 cm³/mol. The lowest BCUT2D eigenvalue weighted by molar-refractivity contribution is -0.146. The number of likely N-dealkylation sites (N-methyl/N-ethyl adjacent to an activating group) is 1. The molecule has 0 aromatic heterocycles. The van der Waals surface area contributed by atoms with Gasteiger partial charge in [-0.2, -0.15) is 0 Å². The molecule has 0 bridgehead atoms. The molecule has 2 aliphatic rings. The van der Waals surface area contributed by atoms with E-state index in [0.717, 1.165) is 19.6 Å². The first-order valence-electron chi connectivity index (χ1n) is 8.05. The fraction of sp³-hybridized carbons (Fsp3) is 0.933. The first kappa shape index (κ1) is 15.7. The van der Waals surface area contributed by atoms with Gasteiger partial charge in [0.25, 0.3) is 0 Å². The van der Waals surface area contributed by atoms with Crippen molar-refractivity contribution in [3.8, 4) is 0 Å². The van der Waals surface area contributed by atoms with Gasteiger partial charge in [-0.15, -0.1) is 0 Å². The first-order valence-corrected chi connectivity index (χ1v) is 8.05. The predicted octanol–water partition coefficient (Wildman–Crippen LogP) is 0.698. The van der Waals surface area contributed by atoms with E-state index in [1.54, 1.807) is 0 Å². The Hall–Kier alpha value is -0.650. The molecule has 2 rings (SSSR count). The highest BCUT2D eigenvalue weighted by Gasteiger charge is 2.31. The standard InChI is InChI=1S/C15H29N3O2/c1-3-20-15(19)14(16-2)12-17-10-7-13(11-17)18-8-5-4-6-9-18/h13-14,16H,3-12H2,1-2H3. The van der Waals surface area contributed by atoms with Crippen molar-refractivity contribution in [3.05, 3.63) is 0 Å². The number of hydrogen-bond acceptors (Lipinski definition) is 5. The number of piperidine rings is 1. The topological polar surface area (TPSA) is 44.8 Å². The van der Waals surface area contributed by atoms with Gasteiger partial charge in [-0.25, -0.2) is 0 Å². The summed E-state index contributed by atoms with van der Waals surface area (Å²) in [6.07, 6.45) is 5.31. The van der Waals surface area contributed by atoms with E-state index in [9.17, 15) is 4.79 Å². The third-order valence-electron chi connectivity index (χ3n) is 4.51. The lowest BCUT2D eigenvalue weighted by Gasteiger charge is -2.32. The van der Waals surface area contributed by atoms with Gasteiger partial charge in [-0.1, -0.05) is 6.42 Å². The summed E-state index contributed by atoms with van der Waals surface area (Å²) in [5, 5.41) is 3.08. The van der Waals surface area contributed by atoms with Crippen LogP contribution in [0.3, 0.4) is 0 Å². The fourth-order valence-electron chi connectivity index (χ4n) is 3.34. The van der Waals surface area contributed by atoms with Crippen molar-refractivity contribution in [3.63, 3.8) is 0 Å². The summed E-state index contributed by atoms with van der Waals surface area (Å²) in [7, 11) is 1.83. The lowest BCUT2D eigenvalue weighted by Crippen LogP contribution is -2.46. The SMILES string of the molecule is CCOC(=O)C(CN1CCC(N2CCCCC2)C1)NC. The van der Waals surface area contributed by atoms with Gasteiger partial charge in [0.15, 0.2) is 0 Å². The molecule has 20 heavy (non-hydrogen) atoms. The van der Waals surface area contributed by atoms with Gasteiger partial charge in [-0.05, 0) is 52.9 Å². The van der Waals surface area contributed by atoms with Crippen LogP contribution in [0.15, 0.2) is 0 Å². The molecule has 2 heterocycles. The molecule has 0 radical (unpaired) electrons. The quantitative estimate of drug-likeness (QED) is 0.727. The maximum atomic E-state index is 11.8. The minimum Gasteiger partial charge on any atom is -0.465 e. The van der Waals surface area contributed by atoms with Crippen LogP contribution in [0.1, 0.15) is 32.6 Å². The molecule has 0 amide bonds. The van der Waals surface area contributed by atoms with E-state index >= 15 is 0 Å². The molecule has 2 fully saturated rings. The normalized spacial score (nSPS) is 26.6. The molecule has 1 N–H and O–H groups in total. The summed E-state index contributed by atoms with van der Waals surface area (Å²) < 4.78 is 5.11. The Kier molecular flexibility index (Phi) is 6.26. The highest BCUT2D eigenvalue weighted by molar-refractivity contribution is 5.76. The third-order valence-corrected chi connectivity index (χ3v) is 4.51. The number of nitrogens with one attached hydrogen (secondary N) is 1. The van der Waals surface area contributed by atoms with Crippen molar-refractivity contribution in [1.82, 2.24) is 15.1 Å². The van der Waals surface area contributed by atoms with E-state index in [2.05, 4.69) is 15.1 Å². The summed E-state index contributed by atoms with van der Waals surface area (Å²) in [6.45, 7) is 7.77. The van der Waals surface area contributed by atoms with Crippen LogP contribution in [-0.2, 0) is 9.53 Å². The number of likely N-dealkylation sites (tertiary alicyclic amines) is 2. The van der Waals surface area contributed by atoms with Crippen molar-refractivity contribution in [2.75, 3.05) is 46.4 Å². The second kappa shape index (κ2) is 7.96. The average molecular weight is 283 g/mol. The number of nitrogens with zero attached hydrogens (tertiary/aromatic N) is 2. The number of hydrogen-bond donors (Lipinski definition) is 1. The molecule has 2 atom stereocenters. The number of ether oxygens (including phenoxy) is 1. The Morgan fingerprint density at radius 1 is 1.30 bits per heavy atom. The van der Waals surface area contributed by atoms with Crippen LogP contribution in [0.2, 0.25) is 0 Å². The van der Waals surface area contributed by atoms with E-state index in [1.165, 1.54) is 38.8 Å². The lowest BCUT2D eigenvalue weighted by atomic mass is 10.1. The van der Waals surface area contributed by atoms with E-state index in [1.807, 2.05) is 14.0 Å². The summed E-state index contributed by atoms with van der Waals surface area (Å²) >= 11 is 0. The van der Waals surface area contributed by atoms with E-state index < -0.39 is 0 Å². The van der Waals surface area contributed by atoms with Gasteiger partial charge in [0.05, 0.1) is 6.61 Å². The van der Waals surface area contributed by atoms with Gasteiger partial charge in [0, 0.05) is 19.1 Å². The largest absolute Gasteiger partial charge is 0.465 e. The van der Waals surface area contributed by atoms with Crippen LogP contribution in [0.25, 0.3) is 0 Å². The molecule has 5 heteroatoms. The Morgan fingerprint density at radius 3 is 2.70 bits per heavy atom. The van der Waals surface area contributed by atoms with Crippen LogP contribution >= 0.6 is 0 Å². The third kappa shape index (κ3) is 4.17. The first-order chi connectivity index (χ1) is 9.74. The second-order valence-electron chi connectivity index (χ2n) is 5.89. The molecule has 116 valence electrons. The summed E-state index contributed by atoms with van der Waals surface area (Å²) in [4.78, 5) is 16.9. The second-order valence-corrected chi connectivity index (χ2v) is 5.89. The van der Waals surface area contributed by atoms with Crippen LogP contribution in [-0.4, -0.2) is 74.2 Å². The van der Waals surface area contributed by atoms with E-state index in [-0.39, 0.29) is 12.0 Å². The number of rotatable bonds is 6. The minimum absolute atomic E-state index is 0.128. The maximum absolute atomic E-state index is 11.8. The molecule has 2 aliphatic heterocycles. The van der Waals surface area contributed by atoms with Gasteiger partial charge in [0.2, 0.25) is 0 Å². The van der Waals surface area contributed by atoms with Gasteiger partial charge < -0.3 is 10.1 Å². The number of esters is 1. The maximum Gasteiger partial charge on any atom is 0.324 e. The highest BCUT2D eigenvalue weighted by Crippen LogP contribution is 2.20. The Balaban J connectivity index is 1.78. The number of carbonyl (C=O) groups excluding carboxylic acids is 1. The van der Waals surface area contributed by atoms with Gasteiger partial charge in [0.1, 0.15) is 6.04 Å². The molecule has 5 nitrogen and oxygen atoms in total. The highest BCUT2D eigenvalue weighted by atomic mass is 16.5. The van der Waals surface area contributed by atoms with Crippen molar-refractivity contribution >= 4 is 5.97 Å². The van der Waals surface area contributed by atoms with Crippen molar-refractivity contribution in [2.24, 2.45) is 0 Å². The minimum atomic E-state index is -0.199. The van der Waals surface area contributed by atoms with Crippen LogP contribution in [0.5, 0.6) is 0 Å². The van der Waals surface area contributed by atoms with Crippen molar-refractivity contribution in [1.29, 1.82) is 0 Å². The molecule has 2 saturated heterocycles. The molecule has 0 saturated carbocycles. The average Bonchev–Trinajstić information content (AvgIpc) is 2.94. The molecule has 2 unspecified atom stereocenters. The van der Waals surface area contributed by atoms with Gasteiger partial charge >= 0.3 is 5.97 Å². The van der Waals surface area contributed by atoms with Crippen LogP contribution < -0.4 is 5.32 Å². The molecular formula is C15H29N3O2. The smallest absolute Gasteiger partial charge is 0.324 e. The zero-order chi connectivity index (χ0) is 14.4. The van der Waals surface area contributed by atoms with Gasteiger partial charge in [-0.3, -0.25) is 14.6 Å². The summed E-state index contributed by atoms with van der Waals surface area (Å²) in [6, 6.07) is 0.491. The Bertz CT molecular complexity index is 305. The zero-order valence-electron chi connectivity index (χ0n) is 12.9. The Morgan fingerprint density at radius 2 is 2.05 bits per heavy atom. The molecule has 0 aromatic rings. The molecule has 0 spiro atoms. The zero-order valence-corrected chi connectivity index (χ0v) is 12.9. The fourth-order valence-corrected chi connectivity index (χ4v) is 3.34. The Labute approximate surface area is 122 Å². The van der Waals surface area contributed by atoms with Crippen molar-refractivity contribution < 1.29 is 9.53 Å². The van der Waals surface area contributed by atoms with Crippen LogP contribution in [0.4, 0.5) is 0 Å². The molecule has 0 aliphatic carbocycles. The molecular weight excluding hydrogens is 254 g/mol. The van der Waals surface area contributed by atoms with Crippen LogP contribution in [0, 0.1) is 0 Å². The summed E-state index contributed by atoms with van der Waals surface area (Å²) in [5.41, 5.74) is 0.